The van der Waals surface area contributed by atoms with Crippen molar-refractivity contribution in [2.24, 2.45) is 0 Å². The van der Waals surface area contributed by atoms with Gasteiger partial charge in [-0.05, 0) is 42.5 Å². The van der Waals surface area contributed by atoms with Crippen molar-refractivity contribution < 1.29 is 30.8 Å². The molecule has 2 heterocycles. The number of anilines is 2. The summed E-state index contributed by atoms with van der Waals surface area (Å²) in [6.07, 6.45) is -4.60. The number of hydrogen-bond acceptors (Lipinski definition) is 3. The van der Waals surface area contributed by atoms with Crippen molar-refractivity contribution in [3.05, 3.63) is 59.9 Å². The molecule has 10 heteroatoms. The second-order valence-corrected chi connectivity index (χ2v) is 8.91. The van der Waals surface area contributed by atoms with Crippen molar-refractivity contribution in [2.45, 2.75) is 18.3 Å². The first-order valence-corrected chi connectivity index (χ1v) is 10.1. The second-order valence-electron chi connectivity index (χ2n) is 6.76. The van der Waals surface area contributed by atoms with Crippen LogP contribution >= 0.6 is 0 Å². The lowest BCUT2D eigenvalue weighted by molar-refractivity contribution is -0.137. The molecule has 0 N–H and O–H groups in total. The van der Waals surface area contributed by atoms with E-state index in [1.807, 2.05) is 0 Å². The number of amides is 2. The lowest BCUT2D eigenvalue weighted by Gasteiger charge is -2.23. The molecule has 2 aromatic carbocycles. The quantitative estimate of drug-likeness (QED) is 0.559. The Balaban J connectivity index is 1.80. The van der Waals surface area contributed by atoms with Crippen LogP contribution in [0.15, 0.2) is 48.5 Å². The van der Waals surface area contributed by atoms with Crippen molar-refractivity contribution in [3.63, 3.8) is 0 Å². The fraction of sp³-hybridized carbons (Fsp3) is 0.278. The first-order valence-electron chi connectivity index (χ1n) is 8.32. The monoisotopic (exact) mass is 414 g/mol. The Kier molecular flexibility index (Phi) is 4.14. The first kappa shape index (κ1) is 18.7. The minimum atomic E-state index is -4.60. The van der Waals surface area contributed by atoms with Crippen molar-refractivity contribution in [3.8, 4) is 0 Å². The van der Waals surface area contributed by atoms with Gasteiger partial charge in [-0.3, -0.25) is 9.80 Å². The predicted octanol–water partition coefficient (Wildman–Crippen LogP) is 3.46. The van der Waals surface area contributed by atoms with E-state index >= 15 is 0 Å². The maximum Gasteiger partial charge on any atom is 0.416 e. The van der Waals surface area contributed by atoms with E-state index in [4.69, 9.17) is 0 Å². The van der Waals surface area contributed by atoms with Gasteiger partial charge in [-0.15, -0.1) is 0 Å². The molecule has 0 radical (unpaired) electrons. The lowest BCUT2D eigenvalue weighted by atomic mass is 10.1. The molecular formula is C18H14F4N2O3S. The summed E-state index contributed by atoms with van der Waals surface area (Å²) in [6, 6.07) is 6.92. The number of sulfone groups is 1. The average Bonchev–Trinajstić information content (AvgIpc) is 3.04. The molecule has 5 nitrogen and oxygen atoms in total. The molecule has 2 unspecified atom stereocenters. The van der Waals surface area contributed by atoms with Gasteiger partial charge >= 0.3 is 12.2 Å². The number of fused-ring (bicyclic) bond motifs is 1. The third-order valence-corrected chi connectivity index (χ3v) is 6.62. The van der Waals surface area contributed by atoms with Crippen LogP contribution in [0.2, 0.25) is 0 Å². The molecule has 0 saturated carbocycles. The lowest BCUT2D eigenvalue weighted by Crippen LogP contribution is -2.38. The van der Waals surface area contributed by atoms with Crippen molar-refractivity contribution in [2.75, 3.05) is 21.3 Å². The second kappa shape index (κ2) is 6.20. The van der Waals surface area contributed by atoms with Crippen molar-refractivity contribution >= 4 is 27.2 Å². The summed E-state index contributed by atoms with van der Waals surface area (Å²) in [7, 11) is -3.49. The van der Waals surface area contributed by atoms with Crippen LogP contribution in [0.25, 0.3) is 0 Å². The van der Waals surface area contributed by atoms with Gasteiger partial charge in [-0.25, -0.2) is 17.6 Å². The molecule has 148 valence electrons. The number of halogens is 4. The van der Waals surface area contributed by atoms with E-state index in [-0.39, 0.29) is 22.9 Å². The zero-order valence-electron chi connectivity index (χ0n) is 14.2. The van der Waals surface area contributed by atoms with Crippen LogP contribution in [-0.2, 0) is 16.0 Å². The van der Waals surface area contributed by atoms with Crippen molar-refractivity contribution in [1.82, 2.24) is 0 Å². The van der Waals surface area contributed by atoms with E-state index in [1.54, 1.807) is 0 Å². The number of hydrogen-bond donors (Lipinski definition) is 0. The Morgan fingerprint density at radius 2 is 1.46 bits per heavy atom. The highest BCUT2D eigenvalue weighted by Crippen LogP contribution is 2.39. The minimum absolute atomic E-state index is 0.0310. The van der Waals surface area contributed by atoms with Gasteiger partial charge in [0.1, 0.15) is 5.82 Å². The number of carbonyl (C=O) groups excluding carboxylic acids is 1. The third-order valence-electron chi connectivity index (χ3n) is 4.93. The molecule has 2 aromatic rings. The SMILES string of the molecule is O=C1N(c2ccc(F)cc2)C2CS(=O)(=O)CC2N1c1cccc(C(F)(F)F)c1. The van der Waals surface area contributed by atoms with E-state index in [1.165, 1.54) is 29.2 Å². The zero-order chi connectivity index (χ0) is 20.3. The molecule has 0 aromatic heterocycles. The maximum atomic E-state index is 13.2. The summed E-state index contributed by atoms with van der Waals surface area (Å²) in [5.74, 6) is -1.19. The van der Waals surface area contributed by atoms with Gasteiger partial charge in [-0.2, -0.15) is 13.2 Å². The molecule has 2 amide bonds. The Hall–Kier alpha value is -2.62. The highest BCUT2D eigenvalue weighted by atomic mass is 32.2. The molecule has 0 spiro atoms. The standard InChI is InChI=1S/C18H14F4N2O3S/c19-12-4-6-13(7-5-12)23-15-9-28(26,27)10-16(15)24(17(23)25)14-3-1-2-11(8-14)18(20,21)22/h1-8,15-16H,9-10H2. The number of rotatable bonds is 2. The fourth-order valence-corrected chi connectivity index (χ4v) is 5.66. The molecular weight excluding hydrogens is 400 g/mol. The molecule has 2 saturated heterocycles. The fourth-order valence-electron chi connectivity index (χ4n) is 3.74. The van der Waals surface area contributed by atoms with E-state index in [9.17, 15) is 30.8 Å². The van der Waals surface area contributed by atoms with Crippen molar-refractivity contribution in [1.29, 1.82) is 0 Å². The van der Waals surface area contributed by atoms with Crippen LogP contribution in [0.5, 0.6) is 0 Å². The van der Waals surface area contributed by atoms with E-state index in [2.05, 4.69) is 0 Å². The van der Waals surface area contributed by atoms with Gasteiger partial charge in [0.15, 0.2) is 9.84 Å². The normalized spacial score (nSPS) is 23.9. The zero-order valence-corrected chi connectivity index (χ0v) is 15.0. The summed E-state index contributed by atoms with van der Waals surface area (Å²) < 4.78 is 76.8. The Bertz CT molecular complexity index is 1040. The Morgan fingerprint density at radius 1 is 0.893 bits per heavy atom. The minimum Gasteiger partial charge on any atom is -0.288 e. The smallest absolute Gasteiger partial charge is 0.288 e. The van der Waals surface area contributed by atoms with Gasteiger partial charge in [0.05, 0.1) is 29.2 Å². The first-order chi connectivity index (χ1) is 13.1. The van der Waals surface area contributed by atoms with Crippen LogP contribution in [-0.4, -0.2) is 38.0 Å². The average molecular weight is 414 g/mol. The largest absolute Gasteiger partial charge is 0.416 e. The van der Waals surface area contributed by atoms with Crippen LogP contribution < -0.4 is 9.80 Å². The molecule has 0 aliphatic carbocycles. The summed E-state index contributed by atoms with van der Waals surface area (Å²) in [6.45, 7) is 0. The Labute approximate surface area is 158 Å². The van der Waals surface area contributed by atoms with Crippen LogP contribution in [0.4, 0.5) is 33.7 Å². The number of alkyl halides is 3. The molecule has 4 rings (SSSR count). The number of benzene rings is 2. The molecule has 2 atom stereocenters. The van der Waals surface area contributed by atoms with E-state index in [0.29, 0.717) is 0 Å². The van der Waals surface area contributed by atoms with Crippen LogP contribution in [0.3, 0.4) is 0 Å². The molecule has 0 bridgehead atoms. The van der Waals surface area contributed by atoms with Crippen LogP contribution in [0.1, 0.15) is 5.56 Å². The third kappa shape index (κ3) is 3.11. The van der Waals surface area contributed by atoms with Gasteiger partial charge in [-0.1, -0.05) is 6.07 Å². The van der Waals surface area contributed by atoms with Crippen LogP contribution in [0, 0.1) is 5.82 Å². The van der Waals surface area contributed by atoms with E-state index < -0.39 is 45.5 Å². The molecule has 28 heavy (non-hydrogen) atoms. The van der Waals surface area contributed by atoms with Gasteiger partial charge < -0.3 is 0 Å². The summed E-state index contributed by atoms with van der Waals surface area (Å²) in [5.41, 5.74) is -0.681. The molecule has 2 fully saturated rings. The number of nitrogens with zero attached hydrogens (tertiary/aromatic N) is 2. The maximum absolute atomic E-state index is 13.2. The highest BCUT2D eigenvalue weighted by Gasteiger charge is 2.54. The number of carbonyl (C=O) groups is 1. The summed E-state index contributed by atoms with van der Waals surface area (Å²) in [4.78, 5) is 15.4. The topological polar surface area (TPSA) is 57.7 Å². The van der Waals surface area contributed by atoms with Gasteiger partial charge in [0, 0.05) is 11.4 Å². The summed E-state index contributed by atoms with van der Waals surface area (Å²) in [5, 5.41) is 0. The molecule has 2 aliphatic rings. The van der Waals surface area contributed by atoms with E-state index in [0.717, 1.165) is 29.2 Å². The van der Waals surface area contributed by atoms with Gasteiger partial charge in [0.2, 0.25) is 0 Å². The summed E-state index contributed by atoms with van der Waals surface area (Å²) >= 11 is 0. The predicted molar refractivity (Wildman–Crippen MR) is 94.4 cm³/mol. The Morgan fingerprint density at radius 3 is 2.04 bits per heavy atom. The van der Waals surface area contributed by atoms with Gasteiger partial charge in [0.25, 0.3) is 0 Å². The molecule has 2 aliphatic heterocycles. The highest BCUT2D eigenvalue weighted by molar-refractivity contribution is 7.91. The number of urea groups is 1.